The van der Waals surface area contributed by atoms with E-state index in [2.05, 4.69) is 34.2 Å². The summed E-state index contributed by atoms with van der Waals surface area (Å²) in [5, 5.41) is 59.4. The Morgan fingerprint density at radius 1 is 0.444 bits per heavy atom. The van der Waals surface area contributed by atoms with Gasteiger partial charge < -0.3 is 30.6 Å². The molecule has 0 fully saturated rings. The topological polar surface area (TPSA) is 207 Å². The summed E-state index contributed by atoms with van der Waals surface area (Å²) >= 11 is 0. The molecule has 4 aromatic carbocycles. The Kier molecular flexibility index (Phi) is 14.2. The van der Waals surface area contributed by atoms with E-state index in [1.165, 1.54) is 72.8 Å². The zero-order chi connectivity index (χ0) is 32.1. The molecule has 0 amide bonds. The maximum Gasteiger partial charge on any atom is 3.00 e. The molecule has 0 bridgehead atoms. The fourth-order valence-corrected chi connectivity index (χ4v) is 3.61. The smallest absolute Gasteiger partial charge is 0.872 e. The van der Waals surface area contributed by atoms with Crippen molar-refractivity contribution in [1.82, 2.24) is 9.97 Å². The van der Waals surface area contributed by atoms with Gasteiger partial charge in [0.2, 0.25) is 0 Å². The molecule has 12 heteroatoms. The van der Waals surface area contributed by atoms with Crippen molar-refractivity contribution >= 4 is 39.7 Å². The number of hydrogen-bond acceptors (Lipinski definition) is 8. The second-order valence-electron chi connectivity index (χ2n) is 8.62. The summed E-state index contributed by atoms with van der Waals surface area (Å²) in [7, 11) is 0. The number of fused-ring (bicyclic) bond motifs is 3. The van der Waals surface area contributed by atoms with E-state index in [-0.39, 0.29) is 54.4 Å². The molecule has 3 N–H and O–H groups in total. The van der Waals surface area contributed by atoms with Crippen LogP contribution in [0.25, 0.3) is 21.8 Å². The van der Waals surface area contributed by atoms with E-state index in [1.54, 1.807) is 12.4 Å². The van der Waals surface area contributed by atoms with Crippen molar-refractivity contribution in [3.05, 3.63) is 138 Å². The molecule has 0 spiro atoms. The number of hydrogen-bond donors (Lipinski definition) is 3. The van der Waals surface area contributed by atoms with Crippen LogP contribution >= 0.6 is 0 Å². The third kappa shape index (κ3) is 10.5. The van der Waals surface area contributed by atoms with Gasteiger partial charge in [0.15, 0.2) is 0 Å². The minimum atomic E-state index is -1.18. The van der Waals surface area contributed by atoms with Crippen molar-refractivity contribution in [2.24, 2.45) is 0 Å². The number of aromatic carboxylic acids is 3. The van der Waals surface area contributed by atoms with Crippen molar-refractivity contribution in [1.29, 1.82) is 0 Å². The van der Waals surface area contributed by atoms with E-state index in [0.29, 0.717) is 0 Å². The van der Waals surface area contributed by atoms with Crippen LogP contribution in [0.1, 0.15) is 31.1 Å². The summed E-state index contributed by atoms with van der Waals surface area (Å²) in [6, 6.07) is 28.7. The number of carboxylic acid groups (broad SMARTS) is 3. The molecule has 6 rings (SSSR count). The van der Waals surface area contributed by atoms with Gasteiger partial charge >= 0.3 is 55.6 Å². The Hall–Kier alpha value is -5.23. The third-order valence-corrected chi connectivity index (χ3v) is 5.70. The summed E-state index contributed by atoms with van der Waals surface area (Å²) in [5.74, 6) is -4.87. The first-order valence-electron chi connectivity index (χ1n) is 12.7. The van der Waals surface area contributed by atoms with Crippen molar-refractivity contribution in [3.63, 3.8) is 0 Å². The molecule has 11 nitrogen and oxygen atoms in total. The van der Waals surface area contributed by atoms with Crippen LogP contribution in [-0.2, 0) is 0 Å². The Morgan fingerprint density at radius 3 is 0.978 bits per heavy atom. The van der Waals surface area contributed by atoms with Crippen LogP contribution in [0.5, 0.6) is 17.2 Å². The first-order valence-corrected chi connectivity index (χ1v) is 12.7. The Labute approximate surface area is 286 Å². The van der Waals surface area contributed by atoms with Crippen LogP contribution < -0.4 is 15.3 Å². The van der Waals surface area contributed by atoms with Crippen LogP contribution in [0.4, 0.5) is 0 Å². The average Bonchev–Trinajstić information content (AvgIpc) is 3.02. The van der Waals surface area contributed by atoms with E-state index in [0.717, 1.165) is 21.8 Å². The second kappa shape index (κ2) is 17.8. The molecule has 6 aromatic rings. The third-order valence-electron chi connectivity index (χ3n) is 5.70. The normalized spacial score (nSPS) is 9.51. The number of rotatable bonds is 3. The predicted molar refractivity (Wildman–Crippen MR) is 156 cm³/mol. The standard InChI is InChI=1S/C12H8N2.3C7H6O3.Ho/c1-3-9-5-6-10-4-2-8-14-12(10)11(9)13-7-1;3*8-6-4-2-1-3-5(6)7(9)10;/h1-8H;3*1-4,8H,(H,9,10);/q;;;;+3/p-3. The maximum absolute atomic E-state index is 10.7. The summed E-state index contributed by atoms with van der Waals surface area (Å²) in [5.41, 5.74) is 1.42. The number of aromatic nitrogens is 2. The summed E-state index contributed by atoms with van der Waals surface area (Å²) in [4.78, 5) is 39.4. The van der Waals surface area contributed by atoms with Gasteiger partial charge in [0.05, 0.1) is 27.7 Å². The first-order chi connectivity index (χ1) is 21.1. The molecule has 45 heavy (non-hydrogen) atoms. The van der Waals surface area contributed by atoms with Gasteiger partial charge in [-0.25, -0.2) is 14.4 Å². The van der Waals surface area contributed by atoms with Crippen LogP contribution in [0.3, 0.4) is 0 Å². The number of pyridine rings is 2. The van der Waals surface area contributed by atoms with E-state index in [9.17, 15) is 29.7 Å². The molecule has 0 atom stereocenters. The van der Waals surface area contributed by atoms with E-state index in [1.807, 2.05) is 12.1 Å². The van der Waals surface area contributed by atoms with Crippen LogP contribution in [0, 0.1) is 37.7 Å². The number of carboxylic acids is 3. The Balaban J connectivity index is 0.000000211. The molecule has 0 unspecified atom stereocenters. The molecule has 2 aromatic heterocycles. The number of carbonyl (C=O) groups is 3. The van der Waals surface area contributed by atoms with Crippen LogP contribution in [-0.4, -0.2) is 43.2 Å². The van der Waals surface area contributed by atoms with Crippen molar-refractivity contribution < 1.29 is 82.8 Å². The SMILES string of the molecule is O=C(O)c1ccccc1[O-].O=C(O)c1ccccc1[O-].O=C(O)c1ccccc1[O-].[Ho+3].c1cnc2c(c1)ccc1cccnc12. The molecule has 0 aliphatic heterocycles. The molecule has 0 radical (unpaired) electrons. The minimum absolute atomic E-state index is 0. The number of nitrogens with zero attached hydrogens (tertiary/aromatic N) is 2. The molecule has 0 saturated carbocycles. The maximum atomic E-state index is 10.7. The summed E-state index contributed by atoms with van der Waals surface area (Å²) < 4.78 is 0. The Bertz CT molecular complexity index is 1730. The van der Waals surface area contributed by atoms with Crippen molar-refractivity contribution in [2.75, 3.05) is 0 Å². The summed E-state index contributed by atoms with van der Waals surface area (Å²) in [6.07, 6.45) is 3.60. The average molecular weight is 756 g/mol. The summed E-state index contributed by atoms with van der Waals surface area (Å²) in [6.45, 7) is 0. The monoisotopic (exact) mass is 756 g/mol. The quantitative estimate of drug-likeness (QED) is 0.173. The van der Waals surface area contributed by atoms with Crippen molar-refractivity contribution in [2.45, 2.75) is 0 Å². The molecular weight excluding hydrogens is 733 g/mol. The van der Waals surface area contributed by atoms with Gasteiger partial charge in [0, 0.05) is 23.2 Å². The van der Waals surface area contributed by atoms with Crippen LogP contribution in [0.15, 0.2) is 122 Å². The molecule has 0 saturated heterocycles. The molecule has 0 aliphatic carbocycles. The number of para-hydroxylation sites is 3. The fraction of sp³-hybridized carbons (Fsp3) is 0. The van der Waals surface area contributed by atoms with Gasteiger partial charge in [-0.1, -0.05) is 96.1 Å². The van der Waals surface area contributed by atoms with Gasteiger partial charge in [0.1, 0.15) is 0 Å². The fourth-order valence-electron chi connectivity index (χ4n) is 3.61. The first kappa shape index (κ1) is 36.0. The van der Waals surface area contributed by atoms with Gasteiger partial charge in [-0.15, -0.1) is 0 Å². The minimum Gasteiger partial charge on any atom is -0.872 e. The van der Waals surface area contributed by atoms with Gasteiger partial charge in [-0.2, -0.15) is 0 Å². The number of benzene rings is 4. The predicted octanol–water partition coefficient (Wildman–Crippen LogP) is 4.16. The molecular formula is C33H23HoN2O9. The van der Waals surface area contributed by atoms with Crippen molar-refractivity contribution in [3.8, 4) is 17.2 Å². The van der Waals surface area contributed by atoms with Gasteiger partial charge in [0.25, 0.3) is 0 Å². The zero-order valence-corrected chi connectivity index (χ0v) is 25.0. The van der Waals surface area contributed by atoms with E-state index in [4.69, 9.17) is 15.3 Å². The van der Waals surface area contributed by atoms with E-state index < -0.39 is 35.2 Å². The van der Waals surface area contributed by atoms with E-state index >= 15 is 0 Å². The molecule has 0 aliphatic rings. The largest absolute Gasteiger partial charge is 3.00 e. The van der Waals surface area contributed by atoms with Crippen LogP contribution in [0.2, 0.25) is 0 Å². The molecule has 2 heterocycles. The van der Waals surface area contributed by atoms with Gasteiger partial charge in [-0.3, -0.25) is 9.97 Å². The van der Waals surface area contributed by atoms with Gasteiger partial charge in [-0.05, 0) is 30.3 Å². The molecule has 230 valence electrons. The second-order valence-corrected chi connectivity index (χ2v) is 8.62. The Morgan fingerprint density at radius 2 is 0.733 bits per heavy atom. The zero-order valence-electron chi connectivity index (χ0n) is 23.0.